The van der Waals surface area contributed by atoms with Crippen LogP contribution in [0.3, 0.4) is 0 Å². The van der Waals surface area contributed by atoms with Crippen LogP contribution in [0.2, 0.25) is 5.15 Å². The molecule has 2 unspecified atom stereocenters. The number of nitrogens with zero attached hydrogens (tertiary/aromatic N) is 2. The first-order valence-electron chi connectivity index (χ1n) is 6.46. The van der Waals surface area contributed by atoms with Crippen molar-refractivity contribution in [1.29, 1.82) is 0 Å². The molecule has 0 saturated carbocycles. The zero-order valence-electron chi connectivity index (χ0n) is 11.9. The molecule has 2 N–H and O–H groups in total. The third-order valence-corrected chi connectivity index (χ3v) is 4.54. The predicted molar refractivity (Wildman–Crippen MR) is 83.2 cm³/mol. The van der Waals surface area contributed by atoms with E-state index in [-0.39, 0.29) is 17.9 Å². The normalized spacial score (nSPS) is 14.2. The van der Waals surface area contributed by atoms with Crippen LogP contribution in [0.15, 0.2) is 0 Å². The zero-order chi connectivity index (χ0) is 14.4. The Balaban J connectivity index is 2.92. The molecule has 0 radical (unpaired) electrons. The molecule has 2 atom stereocenters. The summed E-state index contributed by atoms with van der Waals surface area (Å²) >= 11 is 7.77. The molecule has 0 bridgehead atoms. The van der Waals surface area contributed by atoms with Crippen LogP contribution in [0.5, 0.6) is 0 Å². The third kappa shape index (κ3) is 4.51. The summed E-state index contributed by atoms with van der Waals surface area (Å²) in [5, 5.41) is 13.3. The van der Waals surface area contributed by atoms with Gasteiger partial charge in [-0.2, -0.15) is 11.8 Å². The van der Waals surface area contributed by atoms with E-state index in [1.54, 1.807) is 11.8 Å². The van der Waals surface area contributed by atoms with Gasteiger partial charge in [0.25, 0.3) is 0 Å². The second-order valence-corrected chi connectivity index (χ2v) is 5.98. The molecule has 1 aromatic rings. The molecule has 0 aromatic carbocycles. The van der Waals surface area contributed by atoms with Crippen molar-refractivity contribution in [2.45, 2.75) is 44.9 Å². The topological polar surface area (TPSA) is 58.0 Å². The van der Waals surface area contributed by atoms with Crippen LogP contribution in [0, 0.1) is 6.92 Å². The molecule has 1 rings (SSSR count). The average Bonchev–Trinajstić information content (AvgIpc) is 2.37. The van der Waals surface area contributed by atoms with Crippen molar-refractivity contribution < 1.29 is 5.11 Å². The van der Waals surface area contributed by atoms with E-state index in [1.165, 1.54) is 0 Å². The summed E-state index contributed by atoms with van der Waals surface area (Å²) in [6, 6.07) is 0.110. The number of aliphatic hydroxyl groups excluding tert-OH is 1. The number of nitrogens with one attached hydrogen (secondary N) is 1. The minimum atomic E-state index is 0.110. The number of anilines is 1. The lowest BCUT2D eigenvalue weighted by molar-refractivity contribution is 0.288. The lowest BCUT2D eigenvalue weighted by Crippen LogP contribution is -2.31. The largest absolute Gasteiger partial charge is 0.395 e. The molecular formula is C13H22ClN3OS. The van der Waals surface area contributed by atoms with Crippen molar-refractivity contribution in [3.05, 3.63) is 16.5 Å². The maximum absolute atomic E-state index is 9.32. The first-order valence-corrected chi connectivity index (χ1v) is 8.13. The first kappa shape index (κ1) is 16.5. The Bertz CT molecular complexity index is 413. The third-order valence-electron chi connectivity index (χ3n) is 3.01. The van der Waals surface area contributed by atoms with Crippen molar-refractivity contribution in [3.8, 4) is 0 Å². The molecule has 0 aliphatic heterocycles. The van der Waals surface area contributed by atoms with Crippen LogP contribution in [0.1, 0.15) is 31.7 Å². The smallest absolute Gasteiger partial charge is 0.137 e. The van der Waals surface area contributed by atoms with Gasteiger partial charge in [0.15, 0.2) is 0 Å². The van der Waals surface area contributed by atoms with E-state index in [0.29, 0.717) is 5.15 Å². The minimum Gasteiger partial charge on any atom is -0.395 e. The lowest BCUT2D eigenvalue weighted by Gasteiger charge is -2.23. The Kier molecular flexibility index (Phi) is 6.89. The standard InChI is InChI=1S/C13H22ClN3OS/c1-5-6-11-16-12(14)8(2)13(17-11)15-9(3)10(7-18)19-4/h9-10,18H,5-7H2,1-4H3,(H,15,16,17). The SMILES string of the molecule is CCCc1nc(Cl)c(C)c(NC(C)C(CO)SC)n1. The van der Waals surface area contributed by atoms with Crippen LogP contribution >= 0.6 is 23.4 Å². The molecule has 4 nitrogen and oxygen atoms in total. The van der Waals surface area contributed by atoms with Crippen LogP contribution in [0.4, 0.5) is 5.82 Å². The van der Waals surface area contributed by atoms with E-state index in [9.17, 15) is 5.11 Å². The fourth-order valence-electron chi connectivity index (χ4n) is 1.75. The summed E-state index contributed by atoms with van der Waals surface area (Å²) < 4.78 is 0. The molecule has 19 heavy (non-hydrogen) atoms. The zero-order valence-corrected chi connectivity index (χ0v) is 13.5. The second-order valence-electron chi connectivity index (χ2n) is 4.54. The van der Waals surface area contributed by atoms with Crippen LogP contribution in [0.25, 0.3) is 0 Å². The van der Waals surface area contributed by atoms with Gasteiger partial charge >= 0.3 is 0 Å². The lowest BCUT2D eigenvalue weighted by atomic mass is 10.2. The van der Waals surface area contributed by atoms with Crippen LogP contribution < -0.4 is 5.32 Å². The molecule has 0 fully saturated rings. The summed E-state index contributed by atoms with van der Waals surface area (Å²) in [5.74, 6) is 1.53. The number of aromatic nitrogens is 2. The molecule has 1 heterocycles. The van der Waals surface area contributed by atoms with Gasteiger partial charge in [0.05, 0.1) is 6.61 Å². The highest BCUT2D eigenvalue weighted by molar-refractivity contribution is 7.99. The highest BCUT2D eigenvalue weighted by Crippen LogP contribution is 2.23. The highest BCUT2D eigenvalue weighted by atomic mass is 35.5. The molecule has 0 spiro atoms. The molecular weight excluding hydrogens is 282 g/mol. The summed E-state index contributed by atoms with van der Waals surface area (Å²) in [4.78, 5) is 8.79. The van der Waals surface area contributed by atoms with Crippen molar-refractivity contribution in [1.82, 2.24) is 9.97 Å². The maximum atomic E-state index is 9.32. The number of halogens is 1. The van der Waals surface area contributed by atoms with Crippen molar-refractivity contribution in [3.63, 3.8) is 0 Å². The summed E-state index contributed by atoms with van der Waals surface area (Å²) in [6.07, 6.45) is 3.79. The van der Waals surface area contributed by atoms with Gasteiger partial charge < -0.3 is 10.4 Å². The Labute approximate surface area is 124 Å². The quantitative estimate of drug-likeness (QED) is 0.759. The van der Waals surface area contributed by atoms with Gasteiger partial charge in [-0.25, -0.2) is 9.97 Å². The number of rotatable bonds is 7. The Morgan fingerprint density at radius 3 is 2.63 bits per heavy atom. The summed E-state index contributed by atoms with van der Waals surface area (Å²) in [6.45, 7) is 6.16. The number of hydrogen-bond donors (Lipinski definition) is 2. The van der Waals surface area contributed by atoms with Crippen LogP contribution in [-0.2, 0) is 6.42 Å². The van der Waals surface area contributed by atoms with Crippen LogP contribution in [-0.4, -0.2) is 39.2 Å². The summed E-state index contributed by atoms with van der Waals surface area (Å²) in [7, 11) is 0. The predicted octanol–water partition coefficient (Wildman–Crippen LogP) is 2.92. The van der Waals surface area contributed by atoms with Gasteiger partial charge in [0.1, 0.15) is 16.8 Å². The molecule has 0 aliphatic carbocycles. The fraction of sp³-hybridized carbons (Fsp3) is 0.692. The monoisotopic (exact) mass is 303 g/mol. The molecule has 0 saturated heterocycles. The average molecular weight is 304 g/mol. The molecule has 0 aliphatic rings. The minimum absolute atomic E-state index is 0.110. The molecule has 6 heteroatoms. The van der Waals surface area contributed by atoms with Gasteiger partial charge in [-0.15, -0.1) is 0 Å². The Hall–Kier alpha value is -0.520. The summed E-state index contributed by atoms with van der Waals surface area (Å²) in [5.41, 5.74) is 0.853. The number of aliphatic hydroxyl groups is 1. The molecule has 1 aromatic heterocycles. The second kappa shape index (κ2) is 7.92. The van der Waals surface area contributed by atoms with Gasteiger partial charge in [0.2, 0.25) is 0 Å². The Morgan fingerprint density at radius 1 is 1.42 bits per heavy atom. The van der Waals surface area contributed by atoms with Gasteiger partial charge in [-0.1, -0.05) is 18.5 Å². The first-order chi connectivity index (χ1) is 9.03. The van der Waals surface area contributed by atoms with E-state index in [1.807, 2.05) is 20.1 Å². The van der Waals surface area contributed by atoms with E-state index >= 15 is 0 Å². The van der Waals surface area contributed by atoms with E-state index < -0.39 is 0 Å². The van der Waals surface area contributed by atoms with Crippen molar-refractivity contribution >= 4 is 29.2 Å². The van der Waals surface area contributed by atoms with E-state index in [2.05, 4.69) is 22.2 Å². The van der Waals surface area contributed by atoms with Crippen molar-refractivity contribution in [2.24, 2.45) is 0 Å². The number of thioether (sulfide) groups is 1. The van der Waals surface area contributed by atoms with Gasteiger partial charge in [0, 0.05) is 23.3 Å². The maximum Gasteiger partial charge on any atom is 0.137 e. The number of hydrogen-bond acceptors (Lipinski definition) is 5. The van der Waals surface area contributed by atoms with E-state index in [0.717, 1.165) is 30.0 Å². The molecule has 108 valence electrons. The molecule has 0 amide bonds. The highest BCUT2D eigenvalue weighted by Gasteiger charge is 2.18. The van der Waals surface area contributed by atoms with E-state index in [4.69, 9.17) is 11.6 Å². The number of aryl methyl sites for hydroxylation is 1. The Morgan fingerprint density at radius 2 is 2.11 bits per heavy atom. The van der Waals surface area contributed by atoms with Crippen molar-refractivity contribution in [2.75, 3.05) is 18.2 Å². The van der Waals surface area contributed by atoms with Gasteiger partial charge in [-0.05, 0) is 26.5 Å². The fourth-order valence-corrected chi connectivity index (χ4v) is 2.57. The van der Waals surface area contributed by atoms with Gasteiger partial charge in [-0.3, -0.25) is 0 Å².